The minimum atomic E-state index is -0.913. The van der Waals surface area contributed by atoms with Gasteiger partial charge in [-0.05, 0) is 17.7 Å². The summed E-state index contributed by atoms with van der Waals surface area (Å²) >= 11 is 0. The number of carboxylic acid groups (broad SMARTS) is 1. The van der Waals surface area contributed by atoms with Crippen LogP contribution in [-0.2, 0) is 20.7 Å². The van der Waals surface area contributed by atoms with Gasteiger partial charge in [-0.2, -0.15) is 0 Å². The third-order valence-corrected chi connectivity index (χ3v) is 2.54. The van der Waals surface area contributed by atoms with E-state index >= 15 is 0 Å². The van der Waals surface area contributed by atoms with E-state index in [1.807, 2.05) is 0 Å². The highest BCUT2D eigenvalue weighted by molar-refractivity contribution is 5.90. The monoisotopic (exact) mass is 265 g/mol. The Morgan fingerprint density at radius 1 is 1.53 bits per heavy atom. The standard InChI is InChI=1S/C13H15NO5/c1-8(15)14-11-3-2-9(5-13(16)17)4-12(11)19-7-10-6-18-10/h2-4,10H,5-7H2,1H3,(H,14,15)(H,16,17)/t10-/m0/s1. The average Bonchev–Trinajstić information content (AvgIpc) is 3.11. The van der Waals surface area contributed by atoms with Crippen molar-refractivity contribution in [1.29, 1.82) is 0 Å². The number of amides is 1. The molecule has 102 valence electrons. The van der Waals surface area contributed by atoms with E-state index in [9.17, 15) is 9.59 Å². The molecular weight excluding hydrogens is 250 g/mol. The number of nitrogens with one attached hydrogen (secondary N) is 1. The van der Waals surface area contributed by atoms with Crippen molar-refractivity contribution in [1.82, 2.24) is 0 Å². The van der Waals surface area contributed by atoms with Crippen LogP contribution in [0.4, 0.5) is 5.69 Å². The van der Waals surface area contributed by atoms with Crippen molar-refractivity contribution in [2.75, 3.05) is 18.5 Å². The lowest BCUT2D eigenvalue weighted by Gasteiger charge is -2.12. The van der Waals surface area contributed by atoms with E-state index in [1.54, 1.807) is 18.2 Å². The van der Waals surface area contributed by atoms with Crippen LogP contribution in [0.2, 0.25) is 0 Å². The number of carbonyl (C=O) groups is 2. The topological polar surface area (TPSA) is 88.2 Å². The van der Waals surface area contributed by atoms with Crippen molar-refractivity contribution in [2.24, 2.45) is 0 Å². The molecule has 1 saturated heterocycles. The van der Waals surface area contributed by atoms with Crippen molar-refractivity contribution < 1.29 is 24.2 Å². The summed E-state index contributed by atoms with van der Waals surface area (Å²) in [5.74, 6) is -0.660. The highest BCUT2D eigenvalue weighted by atomic mass is 16.6. The molecule has 6 heteroatoms. The molecule has 0 unspecified atom stereocenters. The van der Waals surface area contributed by atoms with Gasteiger partial charge in [0.05, 0.1) is 18.7 Å². The molecule has 2 rings (SSSR count). The average molecular weight is 265 g/mol. The molecule has 1 heterocycles. The second-order valence-electron chi connectivity index (χ2n) is 4.35. The zero-order valence-electron chi connectivity index (χ0n) is 10.5. The second-order valence-corrected chi connectivity index (χ2v) is 4.35. The first-order valence-electron chi connectivity index (χ1n) is 5.91. The predicted octanol–water partition coefficient (Wildman–Crippen LogP) is 1.05. The van der Waals surface area contributed by atoms with Gasteiger partial charge in [0.25, 0.3) is 0 Å². The first kappa shape index (κ1) is 13.4. The Morgan fingerprint density at radius 2 is 2.26 bits per heavy atom. The number of aliphatic carboxylic acids is 1. The fraction of sp³-hybridized carbons (Fsp3) is 0.385. The summed E-state index contributed by atoms with van der Waals surface area (Å²) in [5, 5.41) is 11.4. The number of epoxide rings is 1. The van der Waals surface area contributed by atoms with Gasteiger partial charge in [-0.25, -0.2) is 0 Å². The molecule has 0 aliphatic carbocycles. The van der Waals surface area contributed by atoms with Gasteiger partial charge in [0.2, 0.25) is 5.91 Å². The van der Waals surface area contributed by atoms with E-state index in [0.717, 1.165) is 0 Å². The highest BCUT2D eigenvalue weighted by Gasteiger charge is 2.23. The Balaban J connectivity index is 2.14. The van der Waals surface area contributed by atoms with Gasteiger partial charge in [-0.15, -0.1) is 0 Å². The lowest BCUT2D eigenvalue weighted by atomic mass is 10.1. The maximum atomic E-state index is 11.1. The number of anilines is 1. The molecule has 0 aromatic heterocycles. The lowest BCUT2D eigenvalue weighted by Crippen LogP contribution is -2.11. The van der Waals surface area contributed by atoms with E-state index in [0.29, 0.717) is 30.2 Å². The quantitative estimate of drug-likeness (QED) is 0.750. The summed E-state index contributed by atoms with van der Waals surface area (Å²) < 4.78 is 10.6. The predicted molar refractivity (Wildman–Crippen MR) is 67.3 cm³/mol. The van der Waals surface area contributed by atoms with Crippen molar-refractivity contribution in [3.63, 3.8) is 0 Å². The van der Waals surface area contributed by atoms with Crippen molar-refractivity contribution >= 4 is 17.6 Å². The van der Waals surface area contributed by atoms with E-state index in [-0.39, 0.29) is 18.4 Å². The fourth-order valence-corrected chi connectivity index (χ4v) is 1.61. The van der Waals surface area contributed by atoms with Crippen molar-refractivity contribution in [3.05, 3.63) is 23.8 Å². The minimum absolute atomic E-state index is 0.0867. The molecule has 1 atom stereocenters. The van der Waals surface area contributed by atoms with Crippen LogP contribution in [0.3, 0.4) is 0 Å². The number of carbonyl (C=O) groups excluding carboxylic acids is 1. The molecule has 1 amide bonds. The van der Waals surface area contributed by atoms with Crippen LogP contribution >= 0.6 is 0 Å². The molecule has 19 heavy (non-hydrogen) atoms. The summed E-state index contributed by atoms with van der Waals surface area (Å²) in [5.41, 5.74) is 1.15. The first-order valence-corrected chi connectivity index (χ1v) is 5.91. The molecule has 1 fully saturated rings. The molecule has 1 aromatic carbocycles. The Morgan fingerprint density at radius 3 is 2.84 bits per heavy atom. The van der Waals surface area contributed by atoms with Crippen molar-refractivity contribution in [3.8, 4) is 5.75 Å². The minimum Gasteiger partial charge on any atom is -0.489 e. The number of hydrogen-bond acceptors (Lipinski definition) is 4. The summed E-state index contributed by atoms with van der Waals surface area (Å²) in [6.45, 7) is 2.46. The van der Waals surface area contributed by atoms with E-state index < -0.39 is 5.97 Å². The van der Waals surface area contributed by atoms with Crippen LogP contribution < -0.4 is 10.1 Å². The zero-order valence-corrected chi connectivity index (χ0v) is 10.5. The third-order valence-electron chi connectivity index (χ3n) is 2.54. The maximum absolute atomic E-state index is 11.1. The van der Waals surface area contributed by atoms with Crippen LogP contribution in [0.5, 0.6) is 5.75 Å². The third kappa shape index (κ3) is 4.26. The maximum Gasteiger partial charge on any atom is 0.307 e. The molecule has 0 bridgehead atoms. The lowest BCUT2D eigenvalue weighted by molar-refractivity contribution is -0.136. The number of rotatable bonds is 6. The highest BCUT2D eigenvalue weighted by Crippen LogP contribution is 2.27. The van der Waals surface area contributed by atoms with E-state index in [1.165, 1.54) is 6.92 Å². The molecule has 2 N–H and O–H groups in total. The van der Waals surface area contributed by atoms with E-state index in [4.69, 9.17) is 14.6 Å². The van der Waals surface area contributed by atoms with Gasteiger partial charge in [0, 0.05) is 6.92 Å². The van der Waals surface area contributed by atoms with Gasteiger partial charge in [0.1, 0.15) is 18.5 Å². The SMILES string of the molecule is CC(=O)Nc1ccc(CC(=O)O)cc1OC[C@@H]1CO1. The molecule has 1 aliphatic heterocycles. The molecule has 1 aliphatic rings. The van der Waals surface area contributed by atoms with Gasteiger partial charge in [-0.3, -0.25) is 9.59 Å². The van der Waals surface area contributed by atoms with Crippen LogP contribution in [0.25, 0.3) is 0 Å². The molecule has 0 spiro atoms. The Bertz CT molecular complexity index is 496. The van der Waals surface area contributed by atoms with Crippen LogP contribution in [-0.4, -0.2) is 36.3 Å². The molecule has 0 radical (unpaired) electrons. The normalized spacial score (nSPS) is 16.8. The molecule has 0 saturated carbocycles. The fourth-order valence-electron chi connectivity index (χ4n) is 1.61. The number of ether oxygens (including phenoxy) is 2. The van der Waals surface area contributed by atoms with Gasteiger partial charge in [-0.1, -0.05) is 6.07 Å². The Labute approximate surface area is 110 Å². The van der Waals surface area contributed by atoms with Gasteiger partial charge >= 0.3 is 5.97 Å². The van der Waals surface area contributed by atoms with Crippen LogP contribution in [0.1, 0.15) is 12.5 Å². The summed E-state index contributed by atoms with van der Waals surface area (Å²) in [6, 6.07) is 4.92. The van der Waals surface area contributed by atoms with Crippen LogP contribution in [0.15, 0.2) is 18.2 Å². The first-order chi connectivity index (χ1) is 9.04. The molecule has 1 aromatic rings. The molecular formula is C13H15NO5. The molecule has 6 nitrogen and oxygen atoms in total. The van der Waals surface area contributed by atoms with Crippen LogP contribution in [0, 0.1) is 0 Å². The Kier molecular flexibility index (Phi) is 4.01. The summed E-state index contributed by atoms with van der Waals surface area (Å²) in [7, 11) is 0. The number of carboxylic acids is 1. The second kappa shape index (κ2) is 5.71. The zero-order chi connectivity index (χ0) is 13.8. The summed E-state index contributed by atoms with van der Waals surface area (Å²) in [6.07, 6.45) is 0.00436. The van der Waals surface area contributed by atoms with Gasteiger partial charge in [0.15, 0.2) is 0 Å². The summed E-state index contributed by atoms with van der Waals surface area (Å²) in [4.78, 5) is 21.8. The van der Waals surface area contributed by atoms with Gasteiger partial charge < -0.3 is 19.9 Å². The number of benzene rings is 1. The van der Waals surface area contributed by atoms with E-state index in [2.05, 4.69) is 5.32 Å². The number of hydrogen-bond donors (Lipinski definition) is 2. The van der Waals surface area contributed by atoms with Crippen molar-refractivity contribution in [2.45, 2.75) is 19.4 Å². The smallest absolute Gasteiger partial charge is 0.307 e. The largest absolute Gasteiger partial charge is 0.489 e. The Hall–Kier alpha value is -2.08.